The van der Waals surface area contributed by atoms with Crippen LogP contribution in [0, 0.1) is 17.6 Å². The van der Waals surface area contributed by atoms with Gasteiger partial charge < -0.3 is 16.0 Å². The lowest BCUT2D eigenvalue weighted by atomic mass is 10.1. The average Bonchev–Trinajstić information content (AvgIpc) is 1.59. The number of imidazole rings is 4. The third-order valence-electron chi connectivity index (χ3n) is 15.0. The average molecular weight is 1360 g/mol. The number of hydrogen-bond donors (Lipinski definition) is 4. The smallest absolute Gasteiger partial charge is 0.278 e. The van der Waals surface area contributed by atoms with Crippen LogP contribution in [0.2, 0.25) is 20.1 Å². The van der Waals surface area contributed by atoms with Crippen LogP contribution >= 0.6 is 46.4 Å². The van der Waals surface area contributed by atoms with Gasteiger partial charge in [-0.1, -0.05) is 95.0 Å². The van der Waals surface area contributed by atoms with E-state index in [-0.39, 0.29) is 46.4 Å². The molecule has 478 valence electrons. The predicted molar refractivity (Wildman–Crippen MR) is 358 cm³/mol. The Balaban J connectivity index is 0.000000116. The van der Waals surface area contributed by atoms with Crippen LogP contribution in [0.15, 0.2) is 201 Å². The van der Waals surface area contributed by atoms with E-state index < -0.39 is 28.5 Å². The molecule has 0 atom stereocenters. The lowest BCUT2D eigenvalue weighted by Gasteiger charge is -2.07. The number of anilines is 1. The van der Waals surface area contributed by atoms with Gasteiger partial charge in [0.25, 0.3) is 23.6 Å². The Morgan fingerprint density at radius 3 is 1.25 bits per heavy atom. The number of aromatic nitrogens is 14. The molecule has 28 heteroatoms. The molecule has 0 unspecified atom stereocenters. The van der Waals surface area contributed by atoms with E-state index in [2.05, 4.69) is 71.6 Å². The molecule has 0 radical (unpaired) electrons. The molecule has 2 saturated carbocycles. The summed E-state index contributed by atoms with van der Waals surface area (Å²) in [6.45, 7) is 0.709. The molecule has 16 rings (SSSR count). The Bertz CT molecular complexity index is 5130. The third-order valence-corrected chi connectivity index (χ3v) is 16.2. The largest absolute Gasteiger partial charge is 0.350 e. The van der Waals surface area contributed by atoms with E-state index in [4.69, 9.17) is 46.4 Å². The molecule has 3 aliphatic rings. The molecule has 9 aromatic heterocycles. The molecule has 0 aliphatic heterocycles. The molecule has 4 amide bonds. The van der Waals surface area contributed by atoms with Gasteiger partial charge >= 0.3 is 0 Å². The maximum Gasteiger partial charge on any atom is 0.278 e. The highest BCUT2D eigenvalue weighted by Crippen LogP contribution is 2.34. The summed E-state index contributed by atoms with van der Waals surface area (Å²) < 4.78 is 34.1. The van der Waals surface area contributed by atoms with Crippen LogP contribution < -0.4 is 21.3 Å². The van der Waals surface area contributed by atoms with Crippen molar-refractivity contribution in [1.29, 1.82) is 0 Å². The van der Waals surface area contributed by atoms with Crippen molar-refractivity contribution >= 4 is 98.6 Å². The van der Waals surface area contributed by atoms with Gasteiger partial charge in [0.1, 0.15) is 39.4 Å². The molecule has 2 fully saturated rings. The summed E-state index contributed by atoms with van der Waals surface area (Å²) >= 11 is 23.5. The van der Waals surface area contributed by atoms with Gasteiger partial charge in [-0.2, -0.15) is 20.4 Å². The zero-order valence-corrected chi connectivity index (χ0v) is 53.1. The van der Waals surface area contributed by atoms with Crippen molar-refractivity contribution in [2.24, 2.45) is 5.92 Å². The Hall–Kier alpha value is -11.2. The first-order valence-electron chi connectivity index (χ1n) is 29.8. The second kappa shape index (κ2) is 28.2. The summed E-state index contributed by atoms with van der Waals surface area (Å²) in [5.74, 6) is -2.21. The number of amides is 4. The van der Waals surface area contributed by atoms with Crippen molar-refractivity contribution in [3.05, 3.63) is 255 Å². The molecule has 96 heavy (non-hydrogen) atoms. The fourth-order valence-electron chi connectivity index (χ4n) is 10.1. The third kappa shape index (κ3) is 14.3. The van der Waals surface area contributed by atoms with E-state index in [1.165, 1.54) is 23.6 Å². The summed E-state index contributed by atoms with van der Waals surface area (Å²) in [7, 11) is 0. The maximum absolute atomic E-state index is 13.9. The first-order valence-corrected chi connectivity index (χ1v) is 31.3. The first kappa shape index (κ1) is 63.6. The number of halogens is 6. The molecule has 0 saturated heterocycles. The number of fused-ring (bicyclic) bond motifs is 4. The van der Waals surface area contributed by atoms with Crippen molar-refractivity contribution in [3.63, 3.8) is 0 Å². The quantitative estimate of drug-likeness (QED) is 0.0783. The fraction of sp³-hybridized carbons (Fsp3) is 0.118. The van der Waals surface area contributed by atoms with E-state index in [1.54, 1.807) is 123 Å². The first-order chi connectivity index (χ1) is 46.7. The Morgan fingerprint density at radius 2 is 0.854 bits per heavy atom. The molecule has 22 nitrogen and oxygen atoms in total. The highest BCUT2D eigenvalue weighted by atomic mass is 35.5. The van der Waals surface area contributed by atoms with Crippen LogP contribution in [-0.4, -0.2) is 105 Å². The van der Waals surface area contributed by atoms with Crippen molar-refractivity contribution in [2.75, 3.05) is 11.9 Å². The molecule has 4 N–H and O–H groups in total. The molecular formula is C68H50Cl4F2N18O4. The van der Waals surface area contributed by atoms with E-state index >= 15 is 0 Å². The highest BCUT2D eigenvalue weighted by Gasteiger charge is 2.30. The minimum absolute atomic E-state index is 0.0710. The standard InChI is InChI=1S/C18H13ClN4O.C17H11ClN6O.C17H15ClN4O.C16H11ClF2N4O/c19-13-9-7-12(8-10-13)17-16(18(24)21-14-4-1-2-5-14)22-15-6-3-11-20-23(15)17;18-12-6-4-11(5-7-12)15-14(22-13-3-1-10-21-24(13)15)16(25)23-17-19-8-2-9-20-17;18-13-7-5-12(6-8-13)16-15(17(23)19-10-11-3-4-11)21-14-2-1-9-20-22(14)16;17-13-10(18)6-8(7-11(13)19)15-14(16(24)21-9-3-4-9)22-12-2-1-5-20-23(12)15/h1-4,6-11H,5H2,(H,21,24);1-10H,(H,19,20,23,25);1-2,5-9,11H,3-4,10H2,(H,19,23);1-2,5-7,9H,3-4H2,(H,21,24). The van der Waals surface area contributed by atoms with Gasteiger partial charge in [-0.3, -0.25) is 24.5 Å². The van der Waals surface area contributed by atoms with Gasteiger partial charge in [0, 0.05) is 99.2 Å². The van der Waals surface area contributed by atoms with Gasteiger partial charge in [-0.15, -0.1) is 0 Å². The minimum atomic E-state index is -0.911. The van der Waals surface area contributed by atoms with Crippen LogP contribution in [0.3, 0.4) is 0 Å². The molecule has 3 aliphatic carbocycles. The number of carbonyl (C=O) groups excluding carboxylic acids is 4. The van der Waals surface area contributed by atoms with Gasteiger partial charge in [0.2, 0.25) is 5.95 Å². The van der Waals surface area contributed by atoms with Crippen molar-refractivity contribution in [1.82, 2.24) is 84.3 Å². The maximum atomic E-state index is 13.9. The van der Waals surface area contributed by atoms with Gasteiger partial charge in [-0.25, -0.2) is 56.7 Å². The Morgan fingerprint density at radius 1 is 0.458 bits per heavy atom. The van der Waals surface area contributed by atoms with Crippen LogP contribution in [-0.2, 0) is 0 Å². The topological polar surface area (TPSA) is 263 Å². The van der Waals surface area contributed by atoms with E-state index in [0.717, 1.165) is 47.4 Å². The van der Waals surface area contributed by atoms with E-state index in [0.29, 0.717) is 85.0 Å². The highest BCUT2D eigenvalue weighted by molar-refractivity contribution is 6.31. The number of benzene rings is 4. The van der Waals surface area contributed by atoms with Crippen molar-refractivity contribution in [2.45, 2.75) is 38.1 Å². The second-order valence-electron chi connectivity index (χ2n) is 21.9. The van der Waals surface area contributed by atoms with Crippen LogP contribution in [0.1, 0.15) is 74.1 Å². The predicted octanol–water partition coefficient (Wildman–Crippen LogP) is 13.1. The molecule has 0 spiro atoms. The zero-order chi connectivity index (χ0) is 66.4. The monoisotopic (exact) mass is 1360 g/mol. The number of rotatable bonds is 13. The summed E-state index contributed by atoms with van der Waals surface area (Å²) in [5.41, 5.74) is 8.84. The van der Waals surface area contributed by atoms with Crippen molar-refractivity contribution < 1.29 is 28.0 Å². The number of allylic oxidation sites excluding steroid dienone is 3. The Labute approximate surface area is 563 Å². The summed E-state index contributed by atoms with van der Waals surface area (Å²) in [5, 5.41) is 29.7. The number of nitrogens with one attached hydrogen (secondary N) is 4. The molecule has 9 heterocycles. The molecule has 0 bridgehead atoms. The molecule has 4 aromatic carbocycles. The van der Waals surface area contributed by atoms with E-state index in [1.807, 2.05) is 66.8 Å². The number of carbonyl (C=O) groups is 4. The summed E-state index contributed by atoms with van der Waals surface area (Å²) in [4.78, 5) is 76.1. The van der Waals surface area contributed by atoms with Crippen LogP contribution in [0.25, 0.3) is 67.6 Å². The fourth-order valence-corrected chi connectivity index (χ4v) is 10.6. The lowest BCUT2D eigenvalue weighted by molar-refractivity contribution is 0.0939. The van der Waals surface area contributed by atoms with Gasteiger partial charge in [0.05, 0.1) is 0 Å². The zero-order valence-electron chi connectivity index (χ0n) is 50.0. The van der Waals surface area contributed by atoms with Gasteiger partial charge in [-0.05, 0) is 141 Å². The second-order valence-corrected chi connectivity index (χ2v) is 23.6. The number of hydrogen-bond acceptors (Lipinski definition) is 14. The normalized spacial score (nSPS) is 13.0. The SMILES string of the molecule is O=C(NC1=CC=CC1)c1nc2cccnn2c1-c1ccc(Cl)cc1.O=C(NC1CC1)c1nc2cccnn2c1-c1cc(F)c(Cl)c(F)c1.O=C(NCC1CC1)c1nc2cccnn2c1-c1ccc(Cl)cc1.O=C(Nc1ncccn1)c1nc2cccnn2c1-c1ccc(Cl)cc1. The Kier molecular flexibility index (Phi) is 18.7. The van der Waals surface area contributed by atoms with Gasteiger partial charge in [0.15, 0.2) is 45.4 Å². The molecular weight excluding hydrogens is 1310 g/mol. The van der Waals surface area contributed by atoms with E-state index in [9.17, 15) is 28.0 Å². The van der Waals surface area contributed by atoms with Crippen LogP contribution in [0.4, 0.5) is 14.7 Å². The minimum Gasteiger partial charge on any atom is -0.350 e. The van der Waals surface area contributed by atoms with Crippen molar-refractivity contribution in [3.8, 4) is 45.0 Å². The van der Waals surface area contributed by atoms with Crippen LogP contribution in [0.5, 0.6) is 0 Å². The lowest BCUT2D eigenvalue weighted by Crippen LogP contribution is -2.26. The summed E-state index contributed by atoms with van der Waals surface area (Å²) in [6, 6.07) is 39.8. The number of nitrogens with zero attached hydrogens (tertiary/aromatic N) is 14. The molecule has 13 aromatic rings. The summed E-state index contributed by atoms with van der Waals surface area (Å²) in [6.07, 6.45) is 20.3.